The first-order valence-corrected chi connectivity index (χ1v) is 5.39. The third kappa shape index (κ3) is 3.77. The van der Waals surface area contributed by atoms with Crippen LogP contribution in [0.3, 0.4) is 0 Å². The Morgan fingerprint density at radius 3 is 2.93 bits per heavy atom. The number of ether oxygens (including phenoxy) is 1. The van der Waals surface area contributed by atoms with Crippen LogP contribution in [0.15, 0.2) is 34.8 Å². The summed E-state index contributed by atoms with van der Waals surface area (Å²) in [5.74, 6) is 0.619. The smallest absolute Gasteiger partial charge is 0.138 e. The lowest BCUT2D eigenvalue weighted by molar-refractivity contribution is 0.320. The molecule has 0 saturated heterocycles. The van der Waals surface area contributed by atoms with Crippen molar-refractivity contribution in [2.45, 2.75) is 13.3 Å². The van der Waals surface area contributed by atoms with Crippen LogP contribution in [0.4, 0.5) is 0 Å². The Balaban J connectivity index is 2.71. The van der Waals surface area contributed by atoms with Crippen LogP contribution in [0.2, 0.25) is 0 Å². The van der Waals surface area contributed by atoms with Crippen LogP contribution >= 0.6 is 15.9 Å². The Morgan fingerprint density at radius 2 is 2.33 bits per heavy atom. The summed E-state index contributed by atoms with van der Waals surface area (Å²) in [6.45, 7) is 6.30. The van der Waals surface area contributed by atoms with E-state index in [1.54, 1.807) is 12.1 Å². The zero-order valence-electron chi connectivity index (χ0n) is 8.59. The summed E-state index contributed by atoms with van der Waals surface area (Å²) in [5.41, 5.74) is 1.63. The first-order valence-electron chi connectivity index (χ1n) is 4.60. The molecule has 1 aromatic rings. The largest absolute Gasteiger partial charge is 0.492 e. The van der Waals surface area contributed by atoms with Crippen LogP contribution in [0.25, 0.3) is 0 Å². The van der Waals surface area contributed by atoms with Crippen LogP contribution in [0.5, 0.6) is 5.75 Å². The summed E-state index contributed by atoms with van der Waals surface area (Å²) in [7, 11) is 0. The SMILES string of the molecule is C=C(C)CCOc1cc(Br)ccc1C#N. The monoisotopic (exact) mass is 265 g/mol. The molecular formula is C12H12BrNO. The van der Waals surface area contributed by atoms with Gasteiger partial charge in [-0.3, -0.25) is 0 Å². The van der Waals surface area contributed by atoms with Crippen molar-refractivity contribution in [1.29, 1.82) is 5.26 Å². The summed E-state index contributed by atoms with van der Waals surface area (Å²) in [4.78, 5) is 0. The van der Waals surface area contributed by atoms with Gasteiger partial charge in [-0.2, -0.15) is 5.26 Å². The van der Waals surface area contributed by atoms with Crippen LogP contribution in [0, 0.1) is 11.3 Å². The van der Waals surface area contributed by atoms with E-state index in [0.29, 0.717) is 17.9 Å². The molecule has 78 valence electrons. The van der Waals surface area contributed by atoms with Crippen LogP contribution < -0.4 is 4.74 Å². The zero-order valence-corrected chi connectivity index (χ0v) is 10.2. The molecule has 0 N–H and O–H groups in total. The molecule has 1 rings (SSSR count). The zero-order chi connectivity index (χ0) is 11.3. The number of halogens is 1. The van der Waals surface area contributed by atoms with E-state index in [-0.39, 0.29) is 0 Å². The number of hydrogen-bond acceptors (Lipinski definition) is 2. The van der Waals surface area contributed by atoms with Gasteiger partial charge in [-0.1, -0.05) is 21.5 Å². The maximum absolute atomic E-state index is 8.85. The van der Waals surface area contributed by atoms with Crippen molar-refractivity contribution in [3.8, 4) is 11.8 Å². The van der Waals surface area contributed by atoms with Gasteiger partial charge in [0, 0.05) is 10.9 Å². The minimum atomic E-state index is 0.555. The van der Waals surface area contributed by atoms with Crippen molar-refractivity contribution in [3.63, 3.8) is 0 Å². The fraction of sp³-hybridized carbons (Fsp3) is 0.250. The van der Waals surface area contributed by atoms with Crippen molar-refractivity contribution < 1.29 is 4.74 Å². The second kappa shape index (κ2) is 5.57. The lowest BCUT2D eigenvalue weighted by Gasteiger charge is -2.07. The van der Waals surface area contributed by atoms with Gasteiger partial charge in [0.2, 0.25) is 0 Å². The molecule has 0 spiro atoms. The first kappa shape index (κ1) is 11.8. The highest BCUT2D eigenvalue weighted by Crippen LogP contribution is 2.23. The highest BCUT2D eigenvalue weighted by molar-refractivity contribution is 9.10. The van der Waals surface area contributed by atoms with E-state index in [1.807, 2.05) is 13.0 Å². The molecule has 0 amide bonds. The number of nitriles is 1. The van der Waals surface area contributed by atoms with E-state index in [4.69, 9.17) is 10.00 Å². The molecule has 0 heterocycles. The molecule has 2 nitrogen and oxygen atoms in total. The van der Waals surface area contributed by atoms with Gasteiger partial charge in [0.25, 0.3) is 0 Å². The molecule has 0 aliphatic heterocycles. The minimum absolute atomic E-state index is 0.555. The van der Waals surface area contributed by atoms with Crippen molar-refractivity contribution >= 4 is 15.9 Å². The van der Waals surface area contributed by atoms with Crippen molar-refractivity contribution in [2.75, 3.05) is 6.61 Å². The van der Waals surface area contributed by atoms with E-state index in [2.05, 4.69) is 28.6 Å². The fourth-order valence-corrected chi connectivity index (χ4v) is 1.38. The Morgan fingerprint density at radius 1 is 1.60 bits per heavy atom. The standard InChI is InChI=1S/C12H12BrNO/c1-9(2)5-6-15-12-7-11(13)4-3-10(12)8-14/h3-4,7H,1,5-6H2,2H3. The summed E-state index contributed by atoms with van der Waals surface area (Å²) in [6, 6.07) is 7.46. The van der Waals surface area contributed by atoms with Gasteiger partial charge in [-0.05, 0) is 25.1 Å². The number of hydrogen-bond donors (Lipinski definition) is 0. The highest BCUT2D eigenvalue weighted by atomic mass is 79.9. The molecule has 3 heteroatoms. The number of rotatable bonds is 4. The molecule has 0 fully saturated rings. The quantitative estimate of drug-likeness (QED) is 0.779. The second-order valence-corrected chi connectivity index (χ2v) is 4.22. The third-order valence-electron chi connectivity index (χ3n) is 1.85. The molecule has 0 atom stereocenters. The van der Waals surface area contributed by atoms with Gasteiger partial charge in [0.05, 0.1) is 12.2 Å². The van der Waals surface area contributed by atoms with Gasteiger partial charge >= 0.3 is 0 Å². The molecule has 0 aliphatic rings. The average Bonchev–Trinajstić information content (AvgIpc) is 2.17. The summed E-state index contributed by atoms with van der Waals surface area (Å²) >= 11 is 3.34. The summed E-state index contributed by atoms with van der Waals surface area (Å²) < 4.78 is 6.42. The molecule has 1 aromatic carbocycles. The Hall–Kier alpha value is -1.27. The minimum Gasteiger partial charge on any atom is -0.492 e. The number of nitrogens with zero attached hydrogens (tertiary/aromatic N) is 1. The molecule has 0 aliphatic carbocycles. The summed E-state index contributed by atoms with van der Waals surface area (Å²) in [6.07, 6.45) is 0.803. The maximum atomic E-state index is 8.85. The van der Waals surface area contributed by atoms with Gasteiger partial charge in [-0.25, -0.2) is 0 Å². The molecule has 0 bridgehead atoms. The lowest BCUT2D eigenvalue weighted by atomic mass is 10.2. The second-order valence-electron chi connectivity index (χ2n) is 3.31. The Labute approximate surface area is 98.3 Å². The fourth-order valence-electron chi connectivity index (χ4n) is 1.04. The van der Waals surface area contributed by atoms with E-state index in [0.717, 1.165) is 16.5 Å². The molecule has 0 saturated carbocycles. The third-order valence-corrected chi connectivity index (χ3v) is 2.34. The molecule has 0 radical (unpaired) electrons. The molecular weight excluding hydrogens is 254 g/mol. The van der Waals surface area contributed by atoms with Crippen molar-refractivity contribution in [1.82, 2.24) is 0 Å². The Kier molecular flexibility index (Phi) is 4.38. The van der Waals surface area contributed by atoms with Gasteiger partial charge < -0.3 is 4.74 Å². The topological polar surface area (TPSA) is 33.0 Å². The molecule has 0 aromatic heterocycles. The van der Waals surface area contributed by atoms with Crippen LogP contribution in [-0.2, 0) is 0 Å². The lowest BCUT2D eigenvalue weighted by Crippen LogP contribution is -1.99. The van der Waals surface area contributed by atoms with Crippen LogP contribution in [0.1, 0.15) is 18.9 Å². The molecule has 15 heavy (non-hydrogen) atoms. The first-order chi connectivity index (χ1) is 7.13. The molecule has 0 unspecified atom stereocenters. The Bertz CT molecular complexity index is 407. The summed E-state index contributed by atoms with van der Waals surface area (Å²) in [5, 5.41) is 8.85. The predicted octanol–water partition coefficient (Wildman–Crippen LogP) is 3.67. The van der Waals surface area contributed by atoms with E-state index in [9.17, 15) is 0 Å². The van der Waals surface area contributed by atoms with Crippen LogP contribution in [-0.4, -0.2) is 6.61 Å². The average molecular weight is 266 g/mol. The van der Waals surface area contributed by atoms with Gasteiger partial charge in [0.1, 0.15) is 11.8 Å². The number of benzene rings is 1. The predicted molar refractivity (Wildman–Crippen MR) is 63.8 cm³/mol. The highest BCUT2D eigenvalue weighted by Gasteiger charge is 2.03. The maximum Gasteiger partial charge on any atom is 0.138 e. The van der Waals surface area contributed by atoms with E-state index < -0.39 is 0 Å². The van der Waals surface area contributed by atoms with Crippen molar-refractivity contribution in [2.24, 2.45) is 0 Å². The van der Waals surface area contributed by atoms with E-state index in [1.165, 1.54) is 0 Å². The van der Waals surface area contributed by atoms with Gasteiger partial charge in [-0.15, -0.1) is 6.58 Å². The van der Waals surface area contributed by atoms with E-state index >= 15 is 0 Å². The van der Waals surface area contributed by atoms with Gasteiger partial charge in [0.15, 0.2) is 0 Å². The van der Waals surface area contributed by atoms with Crippen molar-refractivity contribution in [3.05, 3.63) is 40.4 Å². The normalized spacial score (nSPS) is 9.40.